The van der Waals surface area contributed by atoms with Crippen LogP contribution in [-0.4, -0.2) is 11.6 Å². The molecule has 1 aromatic rings. The van der Waals surface area contributed by atoms with Crippen molar-refractivity contribution in [1.82, 2.24) is 0 Å². The van der Waals surface area contributed by atoms with Crippen molar-refractivity contribution >= 4 is 11.6 Å². The van der Waals surface area contributed by atoms with Crippen molar-refractivity contribution < 1.29 is 14.0 Å². The second-order valence-electron chi connectivity index (χ2n) is 5.49. The average molecular weight is 306 g/mol. The van der Waals surface area contributed by atoms with Gasteiger partial charge in [-0.2, -0.15) is 0 Å². The number of rotatable bonds is 3. The summed E-state index contributed by atoms with van der Waals surface area (Å²) in [5.74, 6) is -0.691. The second-order valence-corrected chi connectivity index (χ2v) is 5.49. The van der Waals surface area contributed by atoms with Crippen LogP contribution < -0.4 is 0 Å². The van der Waals surface area contributed by atoms with E-state index in [1.165, 1.54) is 26.0 Å². The van der Waals surface area contributed by atoms with E-state index in [0.29, 0.717) is 33.4 Å². The van der Waals surface area contributed by atoms with Crippen LogP contribution in [0.1, 0.15) is 34.6 Å². The maximum Gasteiger partial charge on any atom is 0.161 e. The number of ketones is 2. The molecule has 2 nitrogen and oxygen atoms in total. The van der Waals surface area contributed by atoms with Gasteiger partial charge >= 0.3 is 0 Å². The number of halogens is 1. The summed E-state index contributed by atoms with van der Waals surface area (Å²) in [5.41, 5.74) is 3.42. The zero-order chi connectivity index (χ0) is 16.6. The van der Waals surface area contributed by atoms with Gasteiger partial charge in [0.15, 0.2) is 11.6 Å². The molecule has 114 valence electrons. The van der Waals surface area contributed by atoms with E-state index in [4.69, 9.17) is 0 Å². The van der Waals surface area contributed by atoms with Crippen LogP contribution in [0.3, 0.4) is 0 Å². The molecule has 0 atom stereocenters. The molecule has 0 heterocycles. The number of carbonyl (C=O) groups excluding carboxylic acids is 2. The summed E-state index contributed by atoms with van der Waals surface area (Å²) in [7, 11) is 0. The van der Waals surface area contributed by atoms with Crippen molar-refractivity contribution in [3.05, 3.63) is 71.5 Å². The summed E-state index contributed by atoms with van der Waals surface area (Å²) in [6.07, 6.45) is 0. The van der Waals surface area contributed by atoms with Gasteiger partial charge < -0.3 is 0 Å². The van der Waals surface area contributed by atoms with Crippen molar-refractivity contribution in [2.45, 2.75) is 13.8 Å². The van der Waals surface area contributed by atoms with Gasteiger partial charge in [0.1, 0.15) is 5.82 Å². The summed E-state index contributed by atoms with van der Waals surface area (Å²) >= 11 is 0. The van der Waals surface area contributed by atoms with Gasteiger partial charge in [-0.3, -0.25) is 9.59 Å². The van der Waals surface area contributed by atoms with Gasteiger partial charge in [0.2, 0.25) is 0 Å². The first-order valence-electron chi connectivity index (χ1n) is 7.33. The summed E-state index contributed by atoms with van der Waals surface area (Å²) < 4.78 is 13.7. The fraction of sp³-hybridized carbons (Fsp3) is 0.100. The number of fused-ring (bicyclic) bond motifs is 1. The molecule has 0 saturated heterocycles. The van der Waals surface area contributed by atoms with Crippen molar-refractivity contribution in [2.75, 3.05) is 0 Å². The fourth-order valence-electron chi connectivity index (χ4n) is 3.04. The maximum atomic E-state index is 13.7. The van der Waals surface area contributed by atoms with Gasteiger partial charge in [-0.25, -0.2) is 4.39 Å². The number of hydrogen-bond acceptors (Lipinski definition) is 2. The lowest BCUT2D eigenvalue weighted by atomic mass is 9.97. The molecule has 0 bridgehead atoms. The SMILES string of the molecule is CC(=O)c1c2cccccc-2c(C(C)=O)c1-c1cccc(F)c1. The molecule has 0 unspecified atom stereocenters. The van der Waals surface area contributed by atoms with Gasteiger partial charge in [0, 0.05) is 16.7 Å². The van der Waals surface area contributed by atoms with E-state index in [1.807, 2.05) is 30.3 Å². The van der Waals surface area contributed by atoms with Crippen LogP contribution in [0.5, 0.6) is 0 Å². The van der Waals surface area contributed by atoms with E-state index >= 15 is 0 Å². The Bertz CT molecular complexity index is 847. The first-order chi connectivity index (χ1) is 11.0. The minimum atomic E-state index is -0.401. The van der Waals surface area contributed by atoms with E-state index in [2.05, 4.69) is 0 Å². The Kier molecular flexibility index (Phi) is 3.78. The molecule has 0 amide bonds. The average Bonchev–Trinajstić information content (AvgIpc) is 2.64. The fourth-order valence-corrected chi connectivity index (χ4v) is 3.04. The molecular formula is C20H15FO2. The molecule has 0 aliphatic heterocycles. The third kappa shape index (κ3) is 2.55. The van der Waals surface area contributed by atoms with Gasteiger partial charge in [-0.05, 0) is 42.7 Å². The Morgan fingerprint density at radius 1 is 0.783 bits per heavy atom. The highest BCUT2D eigenvalue weighted by atomic mass is 19.1. The second kappa shape index (κ2) is 5.76. The third-order valence-electron chi connectivity index (χ3n) is 3.89. The quantitative estimate of drug-likeness (QED) is 0.638. The molecule has 0 aromatic heterocycles. The van der Waals surface area contributed by atoms with Crippen molar-refractivity contribution in [3.63, 3.8) is 0 Å². The Morgan fingerprint density at radius 2 is 1.35 bits per heavy atom. The molecule has 23 heavy (non-hydrogen) atoms. The van der Waals surface area contributed by atoms with Crippen LogP contribution in [0, 0.1) is 5.82 Å². The molecular weight excluding hydrogens is 291 g/mol. The standard InChI is InChI=1S/C20H15FO2/c1-12(22)18-16-9-4-3-5-10-17(16)19(13(2)23)20(18)14-7-6-8-15(21)11-14/h3-11H,1-2H3. The maximum absolute atomic E-state index is 13.7. The lowest BCUT2D eigenvalue weighted by molar-refractivity contribution is 0.101. The first kappa shape index (κ1) is 15.1. The smallest absolute Gasteiger partial charge is 0.161 e. The van der Waals surface area contributed by atoms with Crippen LogP contribution >= 0.6 is 0 Å². The van der Waals surface area contributed by atoms with E-state index in [-0.39, 0.29) is 11.6 Å². The molecule has 3 heteroatoms. The third-order valence-corrected chi connectivity index (χ3v) is 3.89. The van der Waals surface area contributed by atoms with Crippen molar-refractivity contribution in [3.8, 4) is 22.3 Å². The molecule has 1 aromatic carbocycles. The summed E-state index contributed by atoms with van der Waals surface area (Å²) in [4.78, 5) is 24.5. The zero-order valence-corrected chi connectivity index (χ0v) is 12.9. The minimum absolute atomic E-state index is 0.145. The molecule has 0 radical (unpaired) electrons. The number of carbonyl (C=O) groups is 2. The van der Waals surface area contributed by atoms with Gasteiger partial charge in [-0.1, -0.05) is 42.5 Å². The topological polar surface area (TPSA) is 34.1 Å². The predicted molar refractivity (Wildman–Crippen MR) is 88.5 cm³/mol. The predicted octanol–water partition coefficient (Wildman–Crippen LogP) is 5.00. The summed E-state index contributed by atoms with van der Waals surface area (Å²) in [5, 5.41) is 0. The van der Waals surface area contributed by atoms with Crippen LogP contribution in [0.25, 0.3) is 22.3 Å². The van der Waals surface area contributed by atoms with Crippen LogP contribution in [-0.2, 0) is 0 Å². The molecule has 0 N–H and O–H groups in total. The Balaban J connectivity index is 2.50. The van der Waals surface area contributed by atoms with E-state index in [1.54, 1.807) is 12.1 Å². The zero-order valence-electron chi connectivity index (χ0n) is 12.9. The van der Waals surface area contributed by atoms with E-state index in [0.717, 1.165) is 0 Å². The van der Waals surface area contributed by atoms with Gasteiger partial charge in [0.05, 0.1) is 0 Å². The Morgan fingerprint density at radius 3 is 1.83 bits per heavy atom. The first-order valence-corrected chi connectivity index (χ1v) is 7.33. The summed E-state index contributed by atoms with van der Waals surface area (Å²) in [6, 6.07) is 15.1. The Labute approximate surface area is 133 Å². The molecule has 0 spiro atoms. The van der Waals surface area contributed by atoms with Gasteiger partial charge in [-0.15, -0.1) is 0 Å². The highest BCUT2D eigenvalue weighted by molar-refractivity contribution is 6.19. The summed E-state index contributed by atoms with van der Waals surface area (Å²) in [6.45, 7) is 2.93. The molecule has 3 rings (SSSR count). The number of benzene rings is 1. The van der Waals surface area contributed by atoms with Crippen molar-refractivity contribution in [1.29, 1.82) is 0 Å². The Hall–Kier alpha value is -2.81. The van der Waals surface area contributed by atoms with Gasteiger partial charge in [0.25, 0.3) is 0 Å². The number of hydrogen-bond donors (Lipinski definition) is 0. The van der Waals surface area contributed by atoms with Crippen molar-refractivity contribution in [2.24, 2.45) is 0 Å². The lowest BCUT2D eigenvalue weighted by Gasteiger charge is -2.06. The molecule has 2 aliphatic carbocycles. The molecule has 2 aliphatic rings. The monoisotopic (exact) mass is 306 g/mol. The number of Topliss-reactive ketones (excluding diaryl/α,β-unsaturated/α-hetero) is 2. The largest absolute Gasteiger partial charge is 0.294 e. The van der Waals surface area contributed by atoms with Crippen LogP contribution in [0.2, 0.25) is 0 Å². The highest BCUT2D eigenvalue weighted by Crippen LogP contribution is 2.42. The van der Waals surface area contributed by atoms with Crippen LogP contribution in [0.15, 0.2) is 54.6 Å². The van der Waals surface area contributed by atoms with E-state index < -0.39 is 5.82 Å². The molecule has 0 fully saturated rings. The van der Waals surface area contributed by atoms with E-state index in [9.17, 15) is 14.0 Å². The lowest BCUT2D eigenvalue weighted by Crippen LogP contribution is -1.98. The minimum Gasteiger partial charge on any atom is -0.294 e. The van der Waals surface area contributed by atoms with Crippen LogP contribution in [0.4, 0.5) is 4.39 Å². The normalized spacial score (nSPS) is 10.7. The highest BCUT2D eigenvalue weighted by Gasteiger charge is 2.28. The molecule has 0 saturated carbocycles.